The zero-order valence-corrected chi connectivity index (χ0v) is 15.8. The Labute approximate surface area is 158 Å². The molecular formula is C16H22Cl2N4OS. The van der Waals surface area contributed by atoms with Gasteiger partial charge in [-0.2, -0.15) is 5.10 Å². The van der Waals surface area contributed by atoms with Gasteiger partial charge >= 0.3 is 0 Å². The van der Waals surface area contributed by atoms with Gasteiger partial charge < -0.3 is 10.6 Å². The lowest BCUT2D eigenvalue weighted by molar-refractivity contribution is 0.103. The molecule has 132 valence electrons. The third kappa shape index (κ3) is 4.51. The molecule has 2 saturated carbocycles. The van der Waals surface area contributed by atoms with Crippen LogP contribution in [0.3, 0.4) is 0 Å². The molecule has 0 unspecified atom stereocenters. The van der Waals surface area contributed by atoms with Gasteiger partial charge in [-0.1, -0.05) is 0 Å². The van der Waals surface area contributed by atoms with Crippen molar-refractivity contribution in [1.29, 1.82) is 0 Å². The monoisotopic (exact) mass is 388 g/mol. The van der Waals surface area contributed by atoms with Gasteiger partial charge in [-0.15, -0.1) is 36.2 Å². The van der Waals surface area contributed by atoms with E-state index < -0.39 is 0 Å². The van der Waals surface area contributed by atoms with Crippen molar-refractivity contribution in [2.45, 2.75) is 31.2 Å². The van der Waals surface area contributed by atoms with Gasteiger partial charge in [0.2, 0.25) is 0 Å². The summed E-state index contributed by atoms with van der Waals surface area (Å²) in [6, 6.07) is 2.66. The maximum Gasteiger partial charge on any atom is 0.265 e. The Morgan fingerprint density at radius 1 is 1.42 bits per heavy atom. The van der Waals surface area contributed by atoms with E-state index in [9.17, 15) is 4.79 Å². The molecule has 2 aliphatic rings. The molecule has 2 N–H and O–H groups in total. The standard InChI is InChI=1S/C16H20N4OS.2ClH/c1-20-8-12(7-18-20)19-16(21)15-4-11(9-22-15)13-5-14(13)17-6-10-2-3-10;;/h4,7-10,13-14,17H,2-3,5-6H2,1H3,(H,19,21);2*1H/t13-,14+;;/m1../s1. The minimum absolute atomic E-state index is 0. The predicted molar refractivity (Wildman–Crippen MR) is 102 cm³/mol. The summed E-state index contributed by atoms with van der Waals surface area (Å²) < 4.78 is 1.68. The van der Waals surface area contributed by atoms with Gasteiger partial charge in [0, 0.05) is 25.2 Å². The topological polar surface area (TPSA) is 59.0 Å². The van der Waals surface area contributed by atoms with Gasteiger partial charge in [0.1, 0.15) is 0 Å². The van der Waals surface area contributed by atoms with Crippen molar-refractivity contribution >= 4 is 47.7 Å². The zero-order chi connectivity index (χ0) is 15.1. The molecule has 2 heterocycles. The number of anilines is 1. The van der Waals surface area contributed by atoms with Crippen LogP contribution in [0.4, 0.5) is 5.69 Å². The molecule has 2 fully saturated rings. The highest BCUT2D eigenvalue weighted by atomic mass is 35.5. The van der Waals surface area contributed by atoms with Crippen LogP contribution in [0.5, 0.6) is 0 Å². The first-order valence-electron chi connectivity index (χ1n) is 7.81. The number of thiophene rings is 1. The van der Waals surface area contributed by atoms with E-state index in [1.807, 2.05) is 13.1 Å². The Morgan fingerprint density at radius 3 is 2.88 bits per heavy atom. The number of carbonyl (C=O) groups is 1. The van der Waals surface area contributed by atoms with Gasteiger partial charge in [-0.05, 0) is 48.7 Å². The molecule has 2 aromatic rings. The minimum atomic E-state index is -0.0487. The van der Waals surface area contributed by atoms with Crippen molar-refractivity contribution in [3.05, 3.63) is 34.3 Å². The number of aromatic nitrogens is 2. The Morgan fingerprint density at radius 2 is 2.21 bits per heavy atom. The van der Waals surface area contributed by atoms with Gasteiger partial charge in [-0.25, -0.2) is 0 Å². The Kier molecular flexibility index (Phi) is 6.31. The van der Waals surface area contributed by atoms with Gasteiger partial charge in [0.15, 0.2) is 0 Å². The normalized spacial score (nSPS) is 21.5. The first-order valence-corrected chi connectivity index (χ1v) is 8.69. The zero-order valence-electron chi connectivity index (χ0n) is 13.4. The summed E-state index contributed by atoms with van der Waals surface area (Å²) in [4.78, 5) is 13.0. The van der Waals surface area contributed by atoms with Crippen LogP contribution in [-0.2, 0) is 7.05 Å². The van der Waals surface area contributed by atoms with E-state index in [2.05, 4.69) is 21.1 Å². The molecule has 0 saturated heterocycles. The first-order chi connectivity index (χ1) is 10.7. The summed E-state index contributed by atoms with van der Waals surface area (Å²) in [6.07, 6.45) is 7.44. The van der Waals surface area contributed by atoms with E-state index in [-0.39, 0.29) is 30.7 Å². The molecule has 0 aliphatic heterocycles. The number of aryl methyl sites for hydroxylation is 1. The predicted octanol–water partition coefficient (Wildman–Crippen LogP) is 3.43. The quantitative estimate of drug-likeness (QED) is 0.796. The molecule has 24 heavy (non-hydrogen) atoms. The van der Waals surface area contributed by atoms with Crippen molar-refractivity contribution < 1.29 is 4.79 Å². The highest BCUT2D eigenvalue weighted by Crippen LogP contribution is 2.43. The number of hydrogen-bond acceptors (Lipinski definition) is 4. The van der Waals surface area contributed by atoms with Crippen molar-refractivity contribution in [3.63, 3.8) is 0 Å². The number of hydrogen-bond donors (Lipinski definition) is 2. The van der Waals surface area contributed by atoms with Crippen molar-refractivity contribution in [2.24, 2.45) is 13.0 Å². The van der Waals surface area contributed by atoms with Crippen molar-refractivity contribution in [2.75, 3.05) is 11.9 Å². The molecule has 0 bridgehead atoms. The number of nitrogens with zero attached hydrogens (tertiary/aromatic N) is 2. The van der Waals surface area contributed by atoms with Crippen LogP contribution in [0, 0.1) is 5.92 Å². The summed E-state index contributed by atoms with van der Waals surface area (Å²) in [5.41, 5.74) is 2.03. The van der Waals surface area contributed by atoms with E-state index in [1.54, 1.807) is 17.1 Å². The second-order valence-electron chi connectivity index (χ2n) is 6.40. The summed E-state index contributed by atoms with van der Waals surface area (Å²) in [5, 5.41) is 12.7. The van der Waals surface area contributed by atoms with Crippen LogP contribution in [0.25, 0.3) is 0 Å². The molecule has 2 atom stereocenters. The molecule has 0 aromatic carbocycles. The highest BCUT2D eigenvalue weighted by Gasteiger charge is 2.39. The fourth-order valence-corrected chi connectivity index (χ4v) is 3.64. The van der Waals surface area contributed by atoms with E-state index in [4.69, 9.17) is 0 Å². The maximum absolute atomic E-state index is 12.2. The van der Waals surface area contributed by atoms with Crippen LogP contribution in [0.15, 0.2) is 23.8 Å². The summed E-state index contributed by atoms with van der Waals surface area (Å²) in [6.45, 7) is 1.17. The molecule has 2 aliphatic carbocycles. The Bertz CT molecular complexity index is 698. The van der Waals surface area contributed by atoms with Crippen LogP contribution >= 0.6 is 36.2 Å². The van der Waals surface area contributed by atoms with Gasteiger partial charge in [0.05, 0.1) is 16.8 Å². The molecule has 4 rings (SSSR count). The van der Waals surface area contributed by atoms with Gasteiger partial charge in [-0.3, -0.25) is 9.48 Å². The van der Waals surface area contributed by atoms with E-state index >= 15 is 0 Å². The lowest BCUT2D eigenvalue weighted by Crippen LogP contribution is -2.20. The van der Waals surface area contributed by atoms with E-state index in [0.717, 1.165) is 16.5 Å². The summed E-state index contributed by atoms with van der Waals surface area (Å²) in [5.74, 6) is 1.46. The lowest BCUT2D eigenvalue weighted by atomic mass is 10.2. The molecular weight excluding hydrogens is 367 g/mol. The molecule has 8 heteroatoms. The van der Waals surface area contributed by atoms with Crippen LogP contribution < -0.4 is 10.6 Å². The van der Waals surface area contributed by atoms with Gasteiger partial charge in [0.25, 0.3) is 5.91 Å². The summed E-state index contributed by atoms with van der Waals surface area (Å²) in [7, 11) is 1.83. The largest absolute Gasteiger partial charge is 0.319 e. The SMILES string of the molecule is Cl.Cl.Cn1cc(NC(=O)c2cc([C@H]3C[C@@H]3NCC3CC3)cs2)cn1. The third-order valence-electron chi connectivity index (χ3n) is 4.39. The van der Waals surface area contributed by atoms with Crippen LogP contribution in [0.2, 0.25) is 0 Å². The molecule has 2 aromatic heterocycles. The average molecular weight is 389 g/mol. The molecule has 0 spiro atoms. The smallest absolute Gasteiger partial charge is 0.265 e. The minimum Gasteiger partial charge on any atom is -0.319 e. The van der Waals surface area contributed by atoms with E-state index in [0.29, 0.717) is 12.0 Å². The summed E-state index contributed by atoms with van der Waals surface area (Å²) >= 11 is 1.52. The first kappa shape index (κ1) is 19.2. The lowest BCUT2D eigenvalue weighted by Gasteiger charge is -2.01. The number of rotatable bonds is 6. The second-order valence-corrected chi connectivity index (χ2v) is 7.31. The average Bonchev–Trinajstić information content (AvgIpc) is 3.38. The molecule has 0 radical (unpaired) electrons. The second kappa shape index (κ2) is 7.87. The van der Waals surface area contributed by atoms with E-state index in [1.165, 1.54) is 42.7 Å². The number of nitrogens with one attached hydrogen (secondary N) is 2. The third-order valence-corrected chi connectivity index (χ3v) is 5.34. The van der Waals surface area contributed by atoms with Crippen LogP contribution in [0.1, 0.15) is 40.4 Å². The number of carbonyl (C=O) groups excluding carboxylic acids is 1. The number of amides is 1. The van der Waals surface area contributed by atoms with Crippen LogP contribution in [-0.4, -0.2) is 28.3 Å². The highest BCUT2D eigenvalue weighted by molar-refractivity contribution is 7.12. The Hall–Kier alpha value is -1.08. The Balaban J connectivity index is 0.00000104. The fraction of sp³-hybridized carbons (Fsp3) is 0.500. The fourth-order valence-electron chi connectivity index (χ4n) is 2.77. The maximum atomic E-state index is 12.2. The molecule has 1 amide bonds. The molecule has 5 nitrogen and oxygen atoms in total. The van der Waals surface area contributed by atoms with Crippen molar-refractivity contribution in [3.8, 4) is 0 Å². The van der Waals surface area contributed by atoms with Crippen molar-refractivity contribution in [1.82, 2.24) is 15.1 Å². The number of halogens is 2.